The largest absolute Gasteiger partial charge is 0.392 e. The molecule has 0 amide bonds. The molecule has 0 saturated heterocycles. The van der Waals surface area contributed by atoms with E-state index in [1.54, 1.807) is 0 Å². The zero-order valence-corrected chi connectivity index (χ0v) is 12.4. The van der Waals surface area contributed by atoms with Gasteiger partial charge in [-0.1, -0.05) is 44.2 Å². The van der Waals surface area contributed by atoms with Crippen LogP contribution in [0.4, 0.5) is 0 Å². The van der Waals surface area contributed by atoms with Crippen molar-refractivity contribution in [3.8, 4) is 11.3 Å². The van der Waals surface area contributed by atoms with Gasteiger partial charge in [-0.25, -0.2) is 0 Å². The maximum Gasteiger partial charge on any atom is 0.0967 e. The number of hydrogen-bond acceptors (Lipinski definition) is 3. The number of aliphatic hydroxyl groups is 1. The molecule has 0 radical (unpaired) electrons. The van der Waals surface area contributed by atoms with Crippen molar-refractivity contribution in [2.45, 2.75) is 26.5 Å². The molecule has 20 heavy (non-hydrogen) atoms. The van der Waals surface area contributed by atoms with E-state index in [0.717, 1.165) is 16.8 Å². The lowest BCUT2D eigenvalue weighted by atomic mass is 10.1. The third-order valence-corrected chi connectivity index (χ3v) is 3.39. The Bertz CT molecular complexity index is 534. The van der Waals surface area contributed by atoms with Crippen LogP contribution in [0.1, 0.15) is 19.4 Å². The van der Waals surface area contributed by atoms with Gasteiger partial charge in [-0.05, 0) is 5.92 Å². The summed E-state index contributed by atoms with van der Waals surface area (Å²) in [6.07, 6.45) is 1.71. The van der Waals surface area contributed by atoms with Crippen LogP contribution in [0.3, 0.4) is 0 Å². The van der Waals surface area contributed by atoms with Crippen LogP contribution in [0, 0.1) is 5.92 Å². The van der Waals surface area contributed by atoms with Crippen LogP contribution in [0.2, 0.25) is 0 Å². The smallest absolute Gasteiger partial charge is 0.0967 e. The molecule has 1 atom stereocenters. The molecule has 0 aliphatic rings. The van der Waals surface area contributed by atoms with Crippen molar-refractivity contribution in [3.63, 3.8) is 0 Å². The van der Waals surface area contributed by atoms with Crippen LogP contribution in [0.15, 0.2) is 36.5 Å². The normalized spacial score (nSPS) is 12.8. The number of hydrogen-bond donors (Lipinski definition) is 2. The van der Waals surface area contributed by atoms with Gasteiger partial charge in [-0.3, -0.25) is 4.68 Å². The Hall–Kier alpha value is -1.65. The van der Waals surface area contributed by atoms with Gasteiger partial charge in [0.05, 0.1) is 11.8 Å². The van der Waals surface area contributed by atoms with Gasteiger partial charge in [-0.15, -0.1) is 0 Å². The Morgan fingerprint density at radius 3 is 2.60 bits per heavy atom. The fourth-order valence-corrected chi connectivity index (χ4v) is 2.10. The fraction of sp³-hybridized carbons (Fsp3) is 0.438. The molecular formula is C16H23N3O. The second-order valence-corrected chi connectivity index (χ2v) is 5.48. The standard InChI is InChI=1S/C16H23N3O/c1-12(2)15(20)10-17-9-14-11-19(3)18-16(14)13-7-5-4-6-8-13/h4-8,11-12,15,17,20H,9-10H2,1-3H3. The lowest BCUT2D eigenvalue weighted by Crippen LogP contribution is -2.30. The van der Waals surface area contributed by atoms with E-state index in [2.05, 4.69) is 22.5 Å². The van der Waals surface area contributed by atoms with Gasteiger partial charge in [0.25, 0.3) is 0 Å². The van der Waals surface area contributed by atoms with Gasteiger partial charge in [-0.2, -0.15) is 5.10 Å². The van der Waals surface area contributed by atoms with Gasteiger partial charge in [0, 0.05) is 37.5 Å². The molecule has 0 saturated carbocycles. The molecular weight excluding hydrogens is 250 g/mol. The summed E-state index contributed by atoms with van der Waals surface area (Å²) < 4.78 is 1.83. The lowest BCUT2D eigenvalue weighted by Gasteiger charge is -2.14. The number of benzene rings is 1. The molecule has 0 aliphatic carbocycles. The van der Waals surface area contributed by atoms with E-state index in [9.17, 15) is 5.11 Å². The highest BCUT2D eigenvalue weighted by atomic mass is 16.3. The van der Waals surface area contributed by atoms with Crippen LogP contribution in [-0.2, 0) is 13.6 Å². The topological polar surface area (TPSA) is 50.1 Å². The van der Waals surface area contributed by atoms with Gasteiger partial charge >= 0.3 is 0 Å². The number of aryl methyl sites for hydroxylation is 1. The number of nitrogens with zero attached hydrogens (tertiary/aromatic N) is 2. The summed E-state index contributed by atoms with van der Waals surface area (Å²) in [4.78, 5) is 0. The van der Waals surface area contributed by atoms with Crippen molar-refractivity contribution >= 4 is 0 Å². The maximum absolute atomic E-state index is 9.81. The second kappa shape index (κ2) is 6.68. The van der Waals surface area contributed by atoms with E-state index >= 15 is 0 Å². The molecule has 2 N–H and O–H groups in total. The monoisotopic (exact) mass is 273 g/mol. The number of aromatic nitrogens is 2. The minimum absolute atomic E-state index is 0.269. The molecule has 0 spiro atoms. The first-order valence-electron chi connectivity index (χ1n) is 7.04. The maximum atomic E-state index is 9.81. The van der Waals surface area contributed by atoms with Gasteiger partial charge in [0.1, 0.15) is 0 Å². The summed E-state index contributed by atoms with van der Waals surface area (Å²) in [5.74, 6) is 0.269. The van der Waals surface area contributed by atoms with Gasteiger partial charge < -0.3 is 10.4 Å². The first kappa shape index (κ1) is 14.8. The molecule has 1 aromatic carbocycles. The van der Waals surface area contributed by atoms with Crippen LogP contribution in [0.25, 0.3) is 11.3 Å². The molecule has 0 aliphatic heterocycles. The van der Waals surface area contributed by atoms with E-state index in [1.807, 2.05) is 50.0 Å². The van der Waals surface area contributed by atoms with Crippen molar-refractivity contribution in [2.24, 2.45) is 13.0 Å². The zero-order chi connectivity index (χ0) is 14.5. The summed E-state index contributed by atoms with van der Waals surface area (Å²) >= 11 is 0. The summed E-state index contributed by atoms with van der Waals surface area (Å²) in [7, 11) is 1.93. The highest BCUT2D eigenvalue weighted by molar-refractivity contribution is 5.62. The van der Waals surface area contributed by atoms with E-state index < -0.39 is 0 Å². The van der Waals surface area contributed by atoms with E-state index in [4.69, 9.17) is 0 Å². The quantitative estimate of drug-likeness (QED) is 0.848. The van der Waals surface area contributed by atoms with Crippen LogP contribution < -0.4 is 5.32 Å². The van der Waals surface area contributed by atoms with Crippen molar-refractivity contribution in [2.75, 3.05) is 6.54 Å². The molecule has 0 fully saturated rings. The highest BCUT2D eigenvalue weighted by Crippen LogP contribution is 2.21. The summed E-state index contributed by atoms with van der Waals surface area (Å²) in [5.41, 5.74) is 3.27. The number of aliphatic hydroxyl groups excluding tert-OH is 1. The van der Waals surface area contributed by atoms with Crippen molar-refractivity contribution in [1.29, 1.82) is 0 Å². The Balaban J connectivity index is 2.05. The van der Waals surface area contributed by atoms with Crippen molar-refractivity contribution in [1.82, 2.24) is 15.1 Å². The van der Waals surface area contributed by atoms with Crippen LogP contribution in [0.5, 0.6) is 0 Å². The Kier molecular flexibility index (Phi) is 4.93. The Labute approximate surface area is 120 Å². The van der Waals surface area contributed by atoms with Crippen LogP contribution in [-0.4, -0.2) is 27.5 Å². The summed E-state index contributed by atoms with van der Waals surface area (Å²) in [6, 6.07) is 10.2. The minimum Gasteiger partial charge on any atom is -0.392 e. The zero-order valence-electron chi connectivity index (χ0n) is 12.4. The molecule has 108 valence electrons. The van der Waals surface area contributed by atoms with Gasteiger partial charge in [0.2, 0.25) is 0 Å². The summed E-state index contributed by atoms with van der Waals surface area (Å²) in [6.45, 7) is 5.35. The third-order valence-electron chi connectivity index (χ3n) is 3.39. The minimum atomic E-state index is -0.313. The SMILES string of the molecule is CC(C)C(O)CNCc1cn(C)nc1-c1ccccc1. The van der Waals surface area contributed by atoms with E-state index in [0.29, 0.717) is 13.1 Å². The molecule has 4 nitrogen and oxygen atoms in total. The molecule has 1 aromatic heterocycles. The molecule has 2 aromatic rings. The molecule has 0 bridgehead atoms. The van der Waals surface area contributed by atoms with Gasteiger partial charge in [0.15, 0.2) is 0 Å². The number of rotatable bonds is 6. The second-order valence-electron chi connectivity index (χ2n) is 5.48. The molecule has 1 heterocycles. The van der Waals surface area contributed by atoms with Crippen molar-refractivity contribution < 1.29 is 5.11 Å². The molecule has 2 rings (SSSR count). The lowest BCUT2D eigenvalue weighted by molar-refractivity contribution is 0.123. The number of nitrogens with one attached hydrogen (secondary N) is 1. The van der Waals surface area contributed by atoms with Crippen LogP contribution >= 0.6 is 0 Å². The first-order chi connectivity index (χ1) is 9.58. The average molecular weight is 273 g/mol. The fourth-order valence-electron chi connectivity index (χ4n) is 2.10. The molecule has 4 heteroatoms. The molecule has 1 unspecified atom stereocenters. The third kappa shape index (κ3) is 3.68. The average Bonchev–Trinajstić information content (AvgIpc) is 2.80. The summed E-state index contributed by atoms with van der Waals surface area (Å²) in [5, 5.41) is 17.6. The van der Waals surface area contributed by atoms with Crippen molar-refractivity contribution in [3.05, 3.63) is 42.1 Å². The Morgan fingerprint density at radius 1 is 1.25 bits per heavy atom. The predicted molar refractivity (Wildman–Crippen MR) is 81.2 cm³/mol. The Morgan fingerprint density at radius 2 is 1.95 bits per heavy atom. The first-order valence-corrected chi connectivity index (χ1v) is 7.04. The van der Waals surface area contributed by atoms with E-state index in [-0.39, 0.29) is 12.0 Å². The highest BCUT2D eigenvalue weighted by Gasteiger charge is 2.12. The van der Waals surface area contributed by atoms with E-state index in [1.165, 1.54) is 0 Å². The predicted octanol–water partition coefficient (Wildman–Crippen LogP) is 2.19.